The molecular weight excluding hydrogens is 356 g/mol. The van der Waals surface area contributed by atoms with Gasteiger partial charge in [0.25, 0.3) is 0 Å². The number of hydrogen-bond acceptors (Lipinski definition) is 5. The molecule has 0 saturated heterocycles. The summed E-state index contributed by atoms with van der Waals surface area (Å²) in [6, 6.07) is 5.33. The fourth-order valence-electron chi connectivity index (χ4n) is 3.64. The number of rotatable bonds is 14. The van der Waals surface area contributed by atoms with E-state index < -0.39 is 17.9 Å². The van der Waals surface area contributed by atoms with Crippen LogP contribution in [-0.4, -0.2) is 43.9 Å². The molecule has 1 rings (SSSR count). The summed E-state index contributed by atoms with van der Waals surface area (Å²) in [6.07, 6.45) is 9.34. The number of amides is 1. The monoisotopic (exact) mass is 394 g/mol. The first-order chi connectivity index (χ1) is 13.4. The van der Waals surface area contributed by atoms with E-state index >= 15 is 0 Å². The van der Waals surface area contributed by atoms with Crippen LogP contribution in [-0.2, 0) is 16.9 Å². The zero-order valence-corrected chi connectivity index (χ0v) is 17.7. The SMILES string of the molecule is CCCCCCCCCCc1cccc(C(O)(CCO)N(C(C)=O)C(C)O)n1. The van der Waals surface area contributed by atoms with Crippen LogP contribution < -0.4 is 0 Å². The molecule has 2 atom stereocenters. The Hall–Kier alpha value is -1.50. The Morgan fingerprint density at radius 1 is 1.14 bits per heavy atom. The summed E-state index contributed by atoms with van der Waals surface area (Å²) >= 11 is 0. The van der Waals surface area contributed by atoms with Crippen LogP contribution in [0.15, 0.2) is 18.2 Å². The second-order valence-corrected chi connectivity index (χ2v) is 7.55. The van der Waals surface area contributed by atoms with Crippen molar-refractivity contribution in [3.8, 4) is 0 Å². The van der Waals surface area contributed by atoms with Gasteiger partial charge in [-0.25, -0.2) is 0 Å². The number of nitrogens with zero attached hydrogens (tertiary/aromatic N) is 2. The van der Waals surface area contributed by atoms with E-state index in [4.69, 9.17) is 0 Å². The van der Waals surface area contributed by atoms with Crippen molar-refractivity contribution < 1.29 is 20.1 Å². The minimum absolute atomic E-state index is 0.119. The Morgan fingerprint density at radius 3 is 2.29 bits per heavy atom. The number of aryl methyl sites for hydroxylation is 1. The van der Waals surface area contributed by atoms with Gasteiger partial charge in [0.2, 0.25) is 5.91 Å². The number of hydrogen-bond donors (Lipinski definition) is 3. The van der Waals surface area contributed by atoms with Crippen LogP contribution in [0.1, 0.15) is 89.9 Å². The Morgan fingerprint density at radius 2 is 1.75 bits per heavy atom. The van der Waals surface area contributed by atoms with Gasteiger partial charge in [0.15, 0.2) is 5.72 Å². The molecule has 0 radical (unpaired) electrons. The first-order valence-electron chi connectivity index (χ1n) is 10.6. The van der Waals surface area contributed by atoms with Crippen LogP contribution in [0.3, 0.4) is 0 Å². The molecule has 0 spiro atoms. The van der Waals surface area contributed by atoms with Crippen molar-refractivity contribution in [1.82, 2.24) is 9.88 Å². The molecule has 1 amide bonds. The van der Waals surface area contributed by atoms with Gasteiger partial charge in [0.05, 0.1) is 5.69 Å². The van der Waals surface area contributed by atoms with Crippen molar-refractivity contribution in [2.75, 3.05) is 6.61 Å². The van der Waals surface area contributed by atoms with Crippen LogP contribution in [0.5, 0.6) is 0 Å². The lowest BCUT2D eigenvalue weighted by atomic mass is 10.0. The van der Waals surface area contributed by atoms with E-state index in [9.17, 15) is 20.1 Å². The lowest BCUT2D eigenvalue weighted by molar-refractivity contribution is -0.196. The summed E-state index contributed by atoms with van der Waals surface area (Å²) in [7, 11) is 0. The largest absolute Gasteiger partial charge is 0.396 e. The zero-order chi connectivity index (χ0) is 21.0. The molecule has 0 aliphatic carbocycles. The molecule has 0 aliphatic heterocycles. The predicted octanol–water partition coefficient (Wildman–Crippen LogP) is 3.48. The third-order valence-corrected chi connectivity index (χ3v) is 5.08. The van der Waals surface area contributed by atoms with E-state index in [0.29, 0.717) is 0 Å². The summed E-state index contributed by atoms with van der Waals surface area (Å²) in [6.45, 7) is 4.57. The Bertz CT molecular complexity index is 579. The molecule has 0 saturated carbocycles. The minimum atomic E-state index is -1.84. The molecule has 1 aromatic rings. The number of aliphatic hydroxyl groups excluding tert-OH is 2. The van der Waals surface area contributed by atoms with Crippen LogP contribution in [0.25, 0.3) is 0 Å². The standard InChI is InChI=1S/C22H38N2O4/c1-4-5-6-7-8-9-10-11-13-20-14-12-15-21(23-20)22(28,16-17-25)24(18(2)26)19(3)27/h12,14-15,18,25-26,28H,4-11,13,16-17H2,1-3H3. The average Bonchev–Trinajstić information content (AvgIpc) is 2.63. The maximum atomic E-state index is 12.0. The molecule has 6 nitrogen and oxygen atoms in total. The van der Waals surface area contributed by atoms with E-state index in [-0.39, 0.29) is 18.7 Å². The summed E-state index contributed by atoms with van der Waals surface area (Å²) in [5, 5.41) is 30.5. The Labute approximate surface area is 169 Å². The third-order valence-electron chi connectivity index (χ3n) is 5.08. The van der Waals surface area contributed by atoms with Crippen molar-refractivity contribution in [3.05, 3.63) is 29.6 Å². The van der Waals surface area contributed by atoms with Crippen LogP contribution in [0.4, 0.5) is 0 Å². The smallest absolute Gasteiger partial charge is 0.224 e. The van der Waals surface area contributed by atoms with Gasteiger partial charge in [-0.05, 0) is 31.9 Å². The Balaban J connectivity index is 2.74. The fraction of sp³-hybridized carbons (Fsp3) is 0.727. The Kier molecular flexibility index (Phi) is 11.3. The zero-order valence-electron chi connectivity index (χ0n) is 17.7. The van der Waals surface area contributed by atoms with Crippen molar-refractivity contribution in [2.45, 2.75) is 96.9 Å². The summed E-state index contributed by atoms with van der Waals surface area (Å²) in [4.78, 5) is 17.5. The first-order valence-corrected chi connectivity index (χ1v) is 10.6. The molecule has 2 unspecified atom stereocenters. The molecular formula is C22H38N2O4. The maximum absolute atomic E-state index is 12.0. The van der Waals surface area contributed by atoms with E-state index in [1.54, 1.807) is 12.1 Å². The van der Waals surface area contributed by atoms with E-state index in [0.717, 1.165) is 29.9 Å². The van der Waals surface area contributed by atoms with Crippen molar-refractivity contribution in [3.63, 3.8) is 0 Å². The topological polar surface area (TPSA) is 93.9 Å². The van der Waals surface area contributed by atoms with E-state index in [1.165, 1.54) is 52.4 Å². The lowest BCUT2D eigenvalue weighted by Gasteiger charge is -2.40. The molecule has 160 valence electrons. The van der Waals surface area contributed by atoms with Gasteiger partial charge >= 0.3 is 0 Å². The summed E-state index contributed by atoms with van der Waals surface area (Å²) in [5.74, 6) is -0.485. The predicted molar refractivity (Wildman–Crippen MR) is 110 cm³/mol. The van der Waals surface area contributed by atoms with Gasteiger partial charge in [-0.3, -0.25) is 14.7 Å². The normalized spacial score (nSPS) is 14.5. The molecule has 0 bridgehead atoms. The van der Waals surface area contributed by atoms with E-state index in [2.05, 4.69) is 11.9 Å². The van der Waals surface area contributed by atoms with Crippen LogP contribution in [0, 0.1) is 0 Å². The average molecular weight is 395 g/mol. The molecule has 0 fully saturated rings. The number of aliphatic hydroxyl groups is 3. The van der Waals surface area contributed by atoms with Crippen molar-refractivity contribution in [1.29, 1.82) is 0 Å². The molecule has 3 N–H and O–H groups in total. The molecule has 1 heterocycles. The number of pyridine rings is 1. The number of carbonyl (C=O) groups is 1. The van der Waals surface area contributed by atoms with E-state index in [1.807, 2.05) is 6.07 Å². The van der Waals surface area contributed by atoms with Crippen LogP contribution >= 0.6 is 0 Å². The third kappa shape index (κ3) is 7.49. The van der Waals surface area contributed by atoms with Gasteiger partial charge in [0, 0.05) is 25.6 Å². The quantitative estimate of drug-likeness (QED) is 0.332. The number of carbonyl (C=O) groups excluding carboxylic acids is 1. The van der Waals surface area contributed by atoms with Gasteiger partial charge < -0.3 is 15.3 Å². The fourth-order valence-corrected chi connectivity index (χ4v) is 3.64. The number of aromatic nitrogens is 1. The highest BCUT2D eigenvalue weighted by molar-refractivity contribution is 5.74. The molecule has 28 heavy (non-hydrogen) atoms. The highest BCUT2D eigenvalue weighted by Gasteiger charge is 2.41. The van der Waals surface area contributed by atoms with Crippen LogP contribution in [0.2, 0.25) is 0 Å². The van der Waals surface area contributed by atoms with Gasteiger partial charge in [-0.1, -0.05) is 57.9 Å². The summed E-state index contributed by atoms with van der Waals surface area (Å²) in [5.41, 5.74) is -0.729. The molecule has 6 heteroatoms. The van der Waals surface area contributed by atoms with Crippen molar-refractivity contribution >= 4 is 5.91 Å². The second kappa shape index (κ2) is 12.9. The minimum Gasteiger partial charge on any atom is -0.396 e. The van der Waals surface area contributed by atoms with Gasteiger partial charge in [0.1, 0.15) is 6.23 Å². The maximum Gasteiger partial charge on any atom is 0.224 e. The second-order valence-electron chi connectivity index (χ2n) is 7.55. The molecule has 0 aromatic carbocycles. The molecule has 1 aromatic heterocycles. The molecule has 0 aliphatic rings. The highest BCUT2D eigenvalue weighted by atomic mass is 16.3. The highest BCUT2D eigenvalue weighted by Crippen LogP contribution is 2.30. The van der Waals surface area contributed by atoms with Crippen molar-refractivity contribution in [2.24, 2.45) is 0 Å². The number of unbranched alkanes of at least 4 members (excludes halogenated alkanes) is 7. The van der Waals surface area contributed by atoms with Gasteiger partial charge in [-0.2, -0.15) is 0 Å². The summed E-state index contributed by atoms with van der Waals surface area (Å²) < 4.78 is 0. The van der Waals surface area contributed by atoms with Gasteiger partial charge in [-0.15, -0.1) is 0 Å². The first kappa shape index (κ1) is 24.5. The lowest BCUT2D eigenvalue weighted by Crippen LogP contribution is -2.54.